The van der Waals surface area contributed by atoms with Gasteiger partial charge < -0.3 is 0 Å². The first-order valence-electron chi connectivity index (χ1n) is 4.41. The first-order valence-corrected chi connectivity index (χ1v) is 7.68. The second kappa shape index (κ2) is 7.00. The van der Waals surface area contributed by atoms with Crippen LogP contribution in [0.2, 0.25) is 0 Å². The van der Waals surface area contributed by atoms with Crippen LogP contribution < -0.4 is 23.8 Å². The predicted octanol–water partition coefficient (Wildman–Crippen LogP) is -1.51. The van der Waals surface area contributed by atoms with Gasteiger partial charge in [-0.2, -0.15) is 5.16 Å². The highest BCUT2D eigenvalue weighted by Gasteiger charge is 2.22. The third-order valence-electron chi connectivity index (χ3n) is 1.57. The summed E-state index contributed by atoms with van der Waals surface area (Å²) in [4.78, 5) is 0. The highest BCUT2D eigenvalue weighted by Crippen LogP contribution is 2.28. The van der Waals surface area contributed by atoms with Gasteiger partial charge in [0.05, 0.1) is 0 Å². The molecule has 0 amide bonds. The summed E-state index contributed by atoms with van der Waals surface area (Å²) in [5, 5.41) is 4.92. The standard InChI is InChI=1S/C9H8NOS2.ClHO4/c1-12-9-11-10-8(13-9)7-5-3-2-4-6-7;2-1(3,4)5/h2-6H,1H3;(H,2,3,4,5)/q+1;/p-1. The minimum Gasteiger partial charge on any atom is -0.222 e. The zero-order valence-corrected chi connectivity index (χ0v) is 11.5. The lowest BCUT2D eigenvalue weighted by Gasteiger charge is -2.17. The molecule has 98 valence electrons. The Morgan fingerprint density at radius 1 is 1.17 bits per heavy atom. The molecule has 0 spiro atoms. The second-order valence-electron chi connectivity index (χ2n) is 2.79. The Hall–Kier alpha value is -0.740. The molecule has 1 aromatic carbocycles. The average molecular weight is 310 g/mol. The van der Waals surface area contributed by atoms with Crippen LogP contribution in [0.1, 0.15) is 0 Å². The van der Waals surface area contributed by atoms with Gasteiger partial charge in [-0.15, -0.1) is 10.2 Å². The van der Waals surface area contributed by atoms with E-state index in [1.807, 2.05) is 36.6 Å². The van der Waals surface area contributed by atoms with Crippen molar-refractivity contribution >= 4 is 23.1 Å². The van der Waals surface area contributed by atoms with Crippen LogP contribution in [0.4, 0.5) is 0 Å². The van der Waals surface area contributed by atoms with Gasteiger partial charge in [0.2, 0.25) is 5.01 Å². The van der Waals surface area contributed by atoms with Crippen molar-refractivity contribution in [2.24, 2.45) is 0 Å². The summed E-state index contributed by atoms with van der Waals surface area (Å²) >= 11 is 3.14. The summed E-state index contributed by atoms with van der Waals surface area (Å²) in [5.74, 6) is 0. The van der Waals surface area contributed by atoms with Crippen LogP contribution in [-0.2, 0) is 0 Å². The molecule has 0 fully saturated rings. The Kier molecular flexibility index (Phi) is 5.96. The number of aromatic nitrogens is 1. The number of nitrogens with zero attached hydrogens (tertiary/aromatic N) is 1. The largest absolute Gasteiger partial charge is 0.636 e. The number of rotatable bonds is 2. The first kappa shape index (κ1) is 15.3. The number of benzene rings is 1. The molecule has 0 saturated carbocycles. The summed E-state index contributed by atoms with van der Waals surface area (Å²) in [5.41, 5.74) is 1.11. The van der Waals surface area contributed by atoms with E-state index in [2.05, 4.69) is 5.16 Å². The second-order valence-corrected chi connectivity index (χ2v) is 5.54. The molecule has 6 nitrogen and oxygen atoms in total. The lowest BCUT2D eigenvalue weighted by Crippen LogP contribution is -2.68. The summed E-state index contributed by atoms with van der Waals surface area (Å²) in [7, 11) is -4.94. The molecule has 0 aliphatic rings. The van der Waals surface area contributed by atoms with Gasteiger partial charge in [-0.1, -0.05) is 30.3 Å². The molecule has 0 radical (unpaired) electrons. The monoisotopic (exact) mass is 309 g/mol. The van der Waals surface area contributed by atoms with Gasteiger partial charge in [0.1, 0.15) is 0 Å². The van der Waals surface area contributed by atoms with Crippen LogP contribution in [0.5, 0.6) is 0 Å². The predicted molar refractivity (Wildman–Crippen MR) is 55.9 cm³/mol. The first-order chi connectivity index (χ1) is 8.40. The van der Waals surface area contributed by atoms with Crippen molar-refractivity contribution in [1.29, 1.82) is 0 Å². The summed E-state index contributed by atoms with van der Waals surface area (Å²) in [6.45, 7) is 0. The molecule has 1 aromatic heterocycles. The lowest BCUT2D eigenvalue weighted by atomic mass is 10.2. The molecule has 0 N–H and O–H groups in total. The topological polar surface area (TPSA) is 118 Å². The highest BCUT2D eigenvalue weighted by atomic mass is 35.7. The molecule has 2 aromatic rings. The Labute approximate surface area is 113 Å². The number of halogens is 1. The lowest BCUT2D eigenvalue weighted by molar-refractivity contribution is -2.00. The maximum atomic E-state index is 8.49. The van der Waals surface area contributed by atoms with Crippen LogP contribution in [0.15, 0.2) is 39.3 Å². The van der Waals surface area contributed by atoms with Gasteiger partial charge >= 0.3 is 15.7 Å². The molecule has 0 aliphatic carbocycles. The average Bonchev–Trinajstić information content (AvgIpc) is 2.76. The zero-order chi connectivity index (χ0) is 13.6. The van der Waals surface area contributed by atoms with Crippen molar-refractivity contribution in [2.75, 3.05) is 6.26 Å². The molecule has 0 saturated heterocycles. The fourth-order valence-corrected chi connectivity index (χ4v) is 2.21. The SMILES string of the molecule is CSc1[o+][n-]c(-c2ccccc2)[s+]1.[O-][Cl+3]([O-])([O-])[O-]. The van der Waals surface area contributed by atoms with E-state index in [-0.39, 0.29) is 0 Å². The normalized spacial score (nSPS) is 10.7. The molecule has 0 bridgehead atoms. The number of hydrogen-bond acceptors (Lipinski definition) is 5. The minimum absolute atomic E-state index is 0.888. The fourth-order valence-electron chi connectivity index (χ4n) is 0.966. The van der Waals surface area contributed by atoms with Crippen LogP contribution in [0, 0.1) is 10.2 Å². The van der Waals surface area contributed by atoms with E-state index in [1.54, 1.807) is 23.1 Å². The van der Waals surface area contributed by atoms with Gasteiger partial charge in [-0.3, -0.25) is 0 Å². The van der Waals surface area contributed by atoms with Crippen LogP contribution in [0.25, 0.3) is 10.6 Å². The van der Waals surface area contributed by atoms with E-state index in [1.165, 1.54) is 0 Å². The van der Waals surface area contributed by atoms with Gasteiger partial charge in [-0.05, 0) is 0 Å². The Balaban J connectivity index is 0.000000280. The maximum absolute atomic E-state index is 8.49. The van der Waals surface area contributed by atoms with E-state index in [4.69, 9.17) is 23.2 Å². The van der Waals surface area contributed by atoms with Crippen LogP contribution in [0.3, 0.4) is 0 Å². The van der Waals surface area contributed by atoms with Crippen molar-refractivity contribution < 1.29 is 33.4 Å². The van der Waals surface area contributed by atoms with Crippen molar-refractivity contribution in [3.05, 3.63) is 30.3 Å². The molecule has 1 heterocycles. The third-order valence-corrected chi connectivity index (χ3v) is 3.47. The fraction of sp³-hybridized carbons (Fsp3) is 0.111. The Bertz CT molecular complexity index is 467. The molecule has 2 rings (SSSR count). The summed E-state index contributed by atoms with van der Waals surface area (Å²) in [6.07, 6.45) is 1.98. The van der Waals surface area contributed by atoms with Crippen molar-refractivity contribution in [3.63, 3.8) is 0 Å². The molecule has 0 atom stereocenters. The number of hydrogen-bond donors (Lipinski definition) is 0. The summed E-state index contributed by atoms with van der Waals surface area (Å²) in [6, 6.07) is 10.0. The van der Waals surface area contributed by atoms with E-state index >= 15 is 0 Å². The Morgan fingerprint density at radius 2 is 1.72 bits per heavy atom. The van der Waals surface area contributed by atoms with Crippen molar-refractivity contribution in [2.45, 2.75) is 4.41 Å². The van der Waals surface area contributed by atoms with Gasteiger partial charge in [0, 0.05) is 23.6 Å². The maximum Gasteiger partial charge on any atom is 0.636 e. The smallest absolute Gasteiger partial charge is 0.222 e. The third kappa shape index (κ3) is 6.26. The minimum atomic E-state index is -4.94. The molecule has 0 unspecified atom stereocenters. The van der Waals surface area contributed by atoms with Crippen LogP contribution >= 0.6 is 23.1 Å². The van der Waals surface area contributed by atoms with E-state index in [9.17, 15) is 0 Å². The van der Waals surface area contributed by atoms with E-state index < -0.39 is 10.2 Å². The van der Waals surface area contributed by atoms with Crippen molar-refractivity contribution in [1.82, 2.24) is 5.16 Å². The highest BCUT2D eigenvalue weighted by molar-refractivity contribution is 8.00. The van der Waals surface area contributed by atoms with E-state index in [0.29, 0.717) is 0 Å². The number of thioether (sulfide) groups is 1. The quantitative estimate of drug-likeness (QED) is 0.489. The van der Waals surface area contributed by atoms with Gasteiger partial charge in [0.15, 0.2) is 0 Å². The van der Waals surface area contributed by atoms with Gasteiger partial charge in [0.25, 0.3) is 0 Å². The van der Waals surface area contributed by atoms with E-state index in [0.717, 1.165) is 15.0 Å². The molecular weight excluding hydrogens is 302 g/mol. The Morgan fingerprint density at radius 3 is 2.17 bits per heavy atom. The molecule has 18 heavy (non-hydrogen) atoms. The summed E-state index contributed by atoms with van der Waals surface area (Å²) < 4.78 is 40.0. The van der Waals surface area contributed by atoms with Gasteiger partial charge in [-0.25, -0.2) is 23.2 Å². The molecule has 9 heteroatoms. The van der Waals surface area contributed by atoms with Crippen molar-refractivity contribution in [3.8, 4) is 10.6 Å². The van der Waals surface area contributed by atoms with Crippen LogP contribution in [-0.4, -0.2) is 6.26 Å². The molecular formula is C9H8ClNO5S2. The molecule has 0 aliphatic heterocycles. The zero-order valence-electron chi connectivity index (χ0n) is 9.07.